The summed E-state index contributed by atoms with van der Waals surface area (Å²) in [6.45, 7) is -0.503. The van der Waals surface area contributed by atoms with Crippen molar-refractivity contribution < 1.29 is 31.1 Å². The molecule has 0 saturated heterocycles. The summed E-state index contributed by atoms with van der Waals surface area (Å²) in [6.07, 6.45) is -0.0835. The summed E-state index contributed by atoms with van der Waals surface area (Å²) in [5.74, 6) is 0.732. The molecule has 0 atom stereocenters. The Hall–Kier alpha value is -4.67. The number of para-hydroxylation sites is 2. The molecule has 5 heteroatoms. The van der Waals surface area contributed by atoms with Gasteiger partial charge < -0.3 is 9.55 Å². The molecule has 0 N–H and O–H groups in total. The second-order valence-corrected chi connectivity index (χ2v) is 12.5. The monoisotopic (exact) mass is 840 g/mol. The zero-order chi connectivity index (χ0) is 39.8. The molecule has 1 radical (unpaired) electrons. The molecule has 3 heterocycles. The van der Waals surface area contributed by atoms with Gasteiger partial charge in [-0.2, -0.15) is 0 Å². The second kappa shape index (κ2) is 15.3. The number of hydrogen-bond acceptors (Lipinski definition) is 3. The van der Waals surface area contributed by atoms with E-state index in [-0.39, 0.29) is 37.2 Å². The van der Waals surface area contributed by atoms with Gasteiger partial charge in [0.25, 0.3) is 0 Å². The zero-order valence-corrected chi connectivity index (χ0v) is 30.1. The maximum Gasteiger partial charge on any atom is 0.0774 e. The van der Waals surface area contributed by atoms with E-state index in [2.05, 4.69) is 75.6 Å². The fourth-order valence-corrected chi connectivity index (χ4v) is 6.47. The van der Waals surface area contributed by atoms with E-state index >= 15 is 0 Å². The van der Waals surface area contributed by atoms with Crippen molar-refractivity contribution in [1.82, 2.24) is 14.5 Å². The van der Waals surface area contributed by atoms with Crippen LogP contribution in [0.5, 0.6) is 0 Å². The number of thiophene rings is 1. The van der Waals surface area contributed by atoms with Crippen LogP contribution in [0.3, 0.4) is 0 Å². The molecule has 3 nitrogen and oxygen atoms in total. The minimum absolute atomic E-state index is 0. The third-order valence-electron chi connectivity index (χ3n) is 7.84. The maximum absolute atomic E-state index is 8.51. The molecule has 0 aliphatic carbocycles. The Morgan fingerprint density at radius 2 is 1.57 bits per heavy atom. The van der Waals surface area contributed by atoms with Crippen LogP contribution in [0.15, 0.2) is 134 Å². The first-order chi connectivity index (χ1) is 26.6. The average molecular weight is 840 g/mol. The number of aryl methyl sites for hydroxylation is 2. The Morgan fingerprint density at radius 1 is 0.816 bits per heavy atom. The molecule has 0 aliphatic rings. The van der Waals surface area contributed by atoms with Crippen LogP contribution in [0.2, 0.25) is 0 Å². The molecule has 0 saturated carbocycles. The summed E-state index contributed by atoms with van der Waals surface area (Å²) in [4.78, 5) is 9.10. The van der Waals surface area contributed by atoms with E-state index in [0.29, 0.717) is 16.8 Å². The van der Waals surface area contributed by atoms with E-state index in [1.807, 2.05) is 56.3 Å². The van der Waals surface area contributed by atoms with Gasteiger partial charge in [-0.3, -0.25) is 16.3 Å². The van der Waals surface area contributed by atoms with E-state index in [4.69, 9.17) is 16.0 Å². The van der Waals surface area contributed by atoms with Crippen molar-refractivity contribution in [2.24, 2.45) is 5.92 Å². The van der Waals surface area contributed by atoms with E-state index in [9.17, 15) is 0 Å². The van der Waals surface area contributed by atoms with E-state index in [1.165, 1.54) is 46.9 Å². The summed E-state index contributed by atoms with van der Waals surface area (Å²) >= 11 is 1.52. The number of aromatic nitrogens is 3. The van der Waals surface area contributed by atoms with Crippen molar-refractivity contribution in [3.63, 3.8) is 0 Å². The predicted molar refractivity (Wildman–Crippen MR) is 203 cm³/mol. The van der Waals surface area contributed by atoms with E-state index < -0.39 is 20.1 Å². The minimum atomic E-state index is -2.18. The molecule has 0 aliphatic heterocycles. The number of rotatable bonds is 6. The molecule has 8 aromatic rings. The van der Waals surface area contributed by atoms with Crippen LogP contribution in [0, 0.1) is 31.1 Å². The fraction of sp³-hybridized carbons (Fsp3) is 0.136. The summed E-state index contributed by atoms with van der Waals surface area (Å²) < 4.78 is 63.9. The van der Waals surface area contributed by atoms with Gasteiger partial charge in [0.05, 0.1) is 16.9 Å². The van der Waals surface area contributed by atoms with Gasteiger partial charge in [0, 0.05) is 43.0 Å². The molecule has 3 aromatic heterocycles. The second-order valence-electron chi connectivity index (χ2n) is 11.7. The SMILES string of the molecule is [2H]C([2H])([2H])c1c[c-]c(-c2ccc(C([2H])([2H])[2H])cn2)cc1.[2H]C([2H])(c1ccc2c(-c3nc4ccccc4n3-c3ccc(-c4ccccc4)cc3)[c-]sc2c1)C(C)C.[Ir]. The largest absolute Gasteiger partial charge is 0.333 e. The predicted octanol–water partition coefficient (Wildman–Crippen LogP) is 11.7. The number of fused-ring (bicyclic) bond motifs is 2. The van der Waals surface area contributed by atoms with Gasteiger partial charge in [-0.25, -0.2) is 0 Å². The van der Waals surface area contributed by atoms with Gasteiger partial charge in [-0.05, 0) is 65.8 Å². The molecule has 49 heavy (non-hydrogen) atoms. The van der Waals surface area contributed by atoms with Crippen LogP contribution in [0.25, 0.3) is 60.6 Å². The van der Waals surface area contributed by atoms with Gasteiger partial charge in [0.1, 0.15) is 0 Å². The molecule has 0 spiro atoms. The average Bonchev–Trinajstić information content (AvgIpc) is 3.79. The minimum Gasteiger partial charge on any atom is -0.333 e. The van der Waals surface area contributed by atoms with Crippen molar-refractivity contribution in [2.75, 3.05) is 0 Å². The Balaban J connectivity index is 0.000000223. The van der Waals surface area contributed by atoms with Crippen LogP contribution in [0.4, 0.5) is 0 Å². The van der Waals surface area contributed by atoms with Gasteiger partial charge in [0.2, 0.25) is 0 Å². The van der Waals surface area contributed by atoms with E-state index in [0.717, 1.165) is 38.2 Å². The topological polar surface area (TPSA) is 30.7 Å². The first kappa shape index (κ1) is 25.3. The van der Waals surface area contributed by atoms with Crippen LogP contribution in [-0.4, -0.2) is 14.5 Å². The third-order valence-corrected chi connectivity index (χ3v) is 8.70. The number of hydrogen-bond donors (Lipinski definition) is 0. The Labute approximate surface area is 317 Å². The first-order valence-electron chi connectivity index (χ1n) is 19.7. The zero-order valence-electron chi connectivity index (χ0n) is 34.9. The number of nitrogens with zero attached hydrogens (tertiary/aromatic N) is 3. The van der Waals surface area contributed by atoms with Gasteiger partial charge in [-0.1, -0.05) is 121 Å². The Bertz CT molecular complexity index is 2540. The van der Waals surface area contributed by atoms with Crippen molar-refractivity contribution in [2.45, 2.75) is 33.9 Å². The summed E-state index contributed by atoms with van der Waals surface area (Å²) in [5, 5.41) is 4.52. The number of pyridine rings is 1. The fourth-order valence-electron chi connectivity index (χ4n) is 5.59. The van der Waals surface area contributed by atoms with Crippen molar-refractivity contribution in [3.8, 4) is 39.5 Å². The molecule has 0 fully saturated rings. The smallest absolute Gasteiger partial charge is 0.0774 e. The number of benzene rings is 5. The van der Waals surface area contributed by atoms with Crippen LogP contribution in [-0.2, 0) is 26.5 Å². The van der Waals surface area contributed by atoms with Crippen molar-refractivity contribution in [3.05, 3.63) is 162 Å². The van der Waals surface area contributed by atoms with E-state index in [1.54, 1.807) is 12.1 Å². The Morgan fingerprint density at radius 3 is 2.29 bits per heavy atom. The summed E-state index contributed by atoms with van der Waals surface area (Å²) in [5.41, 5.74) is 8.57. The molecule has 245 valence electrons. The van der Waals surface area contributed by atoms with Crippen molar-refractivity contribution in [1.29, 1.82) is 0 Å². The first-order valence-corrected chi connectivity index (χ1v) is 16.5. The molecule has 8 rings (SSSR count). The molecular formula is C44H37IrN3S-2. The van der Waals surface area contributed by atoms with Gasteiger partial charge >= 0.3 is 0 Å². The summed E-state index contributed by atoms with van der Waals surface area (Å²) in [6, 6.07) is 43.5. The molecule has 0 amide bonds. The molecule has 0 unspecified atom stereocenters. The summed E-state index contributed by atoms with van der Waals surface area (Å²) in [7, 11) is 0. The standard InChI is InChI=1S/C31H25N2S.C13H12N.Ir/c1-21(2)18-22-12-17-26-27(20-34-30(26)19-22)31-32-28-10-6-7-11-29(28)33(31)25-15-13-24(14-16-25)23-8-4-3-5-9-23;1-10-3-6-12(7-4-10)13-8-5-11(2)9-14-13;/h3-17,19,21H,18H2,1-2H3;3-6,8-9H,1-2H3;/q2*-1;/i18D2;1D3,2D3;. The van der Waals surface area contributed by atoms with Crippen molar-refractivity contribution >= 4 is 32.5 Å². The maximum atomic E-state index is 8.51. The normalized spacial score (nSPS) is 14.2. The molecular weight excluding hydrogens is 795 g/mol. The van der Waals surface area contributed by atoms with Crippen LogP contribution < -0.4 is 0 Å². The van der Waals surface area contributed by atoms with Crippen LogP contribution in [0.1, 0.15) is 41.5 Å². The molecule has 5 aromatic carbocycles. The molecule has 0 bridgehead atoms. The van der Waals surface area contributed by atoms with Gasteiger partial charge in [-0.15, -0.1) is 46.8 Å². The quantitative estimate of drug-likeness (QED) is 0.156. The van der Waals surface area contributed by atoms with Crippen LogP contribution >= 0.6 is 11.3 Å². The Kier molecular flexibility index (Phi) is 7.89. The third kappa shape index (κ3) is 7.65. The van der Waals surface area contributed by atoms with Gasteiger partial charge in [0.15, 0.2) is 0 Å². The number of imidazole rings is 1.